The third-order valence-corrected chi connectivity index (χ3v) is 6.43. The Morgan fingerprint density at radius 1 is 0.696 bits per heavy atom. The molecule has 16 heteroatoms. The average molecular weight is 692 g/mol. The van der Waals surface area contributed by atoms with Crippen molar-refractivity contribution in [2.75, 3.05) is 5.32 Å². The standard InChI is InChI=1S/C15H17F2N3O2.C8H9F2N.C7H9ClN2O2.ClH/c1-8(2)20-13(21)7-12(19-15(20)22)18-9(3)14-10(16)5-4-6-11(14)17;1-5(11)8-6(9)3-2-4-7(8)10;1-4(2)10-6(11)3-5(8)9-7(10)12;/h4-9,18H,1-3H3,(H,19,22);2-5H,11H2,1H3;3-4H,1-2H3,(H,9,12);1H/t9-;5-;;/m00../s1. The Morgan fingerprint density at radius 3 is 1.43 bits per heavy atom. The Morgan fingerprint density at radius 2 is 1.09 bits per heavy atom. The lowest BCUT2D eigenvalue weighted by Crippen LogP contribution is -3.00. The van der Waals surface area contributed by atoms with Gasteiger partial charge in [-0.15, -0.1) is 0 Å². The molecule has 0 aliphatic heterocycles. The fraction of sp³-hybridized carbons (Fsp3) is 0.333. The number of H-pyrrole nitrogens is 2. The normalized spacial score (nSPS) is 11.9. The molecule has 0 aliphatic rings. The van der Waals surface area contributed by atoms with Crippen molar-refractivity contribution in [1.29, 1.82) is 0 Å². The van der Waals surface area contributed by atoms with E-state index in [1.165, 1.54) is 43.3 Å². The van der Waals surface area contributed by atoms with Crippen molar-refractivity contribution in [1.82, 2.24) is 19.1 Å². The summed E-state index contributed by atoms with van der Waals surface area (Å²) in [6.45, 7) is 10.1. The van der Waals surface area contributed by atoms with Crippen molar-refractivity contribution in [2.24, 2.45) is 0 Å². The van der Waals surface area contributed by atoms with Gasteiger partial charge in [0.2, 0.25) is 0 Å². The van der Waals surface area contributed by atoms with E-state index in [0.29, 0.717) is 0 Å². The van der Waals surface area contributed by atoms with Gasteiger partial charge in [-0.1, -0.05) is 23.7 Å². The Labute approximate surface area is 272 Å². The number of rotatable bonds is 6. The summed E-state index contributed by atoms with van der Waals surface area (Å²) in [5.41, 5.74) is 1.55. The van der Waals surface area contributed by atoms with Crippen LogP contribution in [0.2, 0.25) is 5.15 Å². The minimum Gasteiger partial charge on any atom is -1.00 e. The molecule has 0 saturated carbocycles. The molecule has 46 heavy (non-hydrogen) atoms. The van der Waals surface area contributed by atoms with Gasteiger partial charge in [0.1, 0.15) is 40.3 Å². The maximum Gasteiger partial charge on any atom is 0.330 e. The van der Waals surface area contributed by atoms with Crippen LogP contribution in [-0.4, -0.2) is 19.1 Å². The van der Waals surface area contributed by atoms with Crippen molar-refractivity contribution < 1.29 is 35.7 Å². The van der Waals surface area contributed by atoms with E-state index in [2.05, 4.69) is 21.0 Å². The Hall–Kier alpha value is -4.14. The largest absolute Gasteiger partial charge is 1.00 e. The molecule has 10 nitrogen and oxygen atoms in total. The molecule has 4 aromatic rings. The predicted molar refractivity (Wildman–Crippen MR) is 164 cm³/mol. The third kappa shape index (κ3) is 10.5. The molecule has 0 spiro atoms. The molecule has 2 heterocycles. The first-order valence-corrected chi connectivity index (χ1v) is 14.2. The maximum absolute atomic E-state index is 13.7. The maximum atomic E-state index is 13.7. The van der Waals surface area contributed by atoms with Crippen molar-refractivity contribution in [3.63, 3.8) is 0 Å². The number of halogens is 6. The molecule has 2 aromatic heterocycles. The molecule has 0 bridgehead atoms. The number of hydrogen-bond acceptors (Lipinski definition) is 5. The lowest BCUT2D eigenvalue weighted by atomic mass is 10.1. The topological polar surface area (TPSA) is 149 Å². The molecule has 0 aliphatic carbocycles. The van der Waals surface area contributed by atoms with Gasteiger partial charge in [0.05, 0.1) is 11.6 Å². The molecule has 0 amide bonds. The van der Waals surface area contributed by atoms with Crippen LogP contribution in [0, 0.1) is 23.3 Å². The molecular formula is C30H36Cl2F4N6O4. The van der Waals surface area contributed by atoms with Gasteiger partial charge in [-0.2, -0.15) is 0 Å². The van der Waals surface area contributed by atoms with Crippen molar-refractivity contribution in [3.8, 4) is 0 Å². The second-order valence-electron chi connectivity index (χ2n) is 10.6. The molecule has 2 atom stereocenters. The van der Waals surface area contributed by atoms with Gasteiger partial charge in [-0.3, -0.25) is 28.7 Å². The van der Waals surface area contributed by atoms with Gasteiger partial charge in [0, 0.05) is 29.8 Å². The summed E-state index contributed by atoms with van der Waals surface area (Å²) < 4.78 is 55.2. The Kier molecular flexibility index (Phi) is 15.2. The van der Waals surface area contributed by atoms with E-state index < -0.39 is 46.2 Å². The lowest BCUT2D eigenvalue weighted by Gasteiger charge is -2.17. The number of nitrogens with zero attached hydrogens (tertiary/aromatic N) is 2. The number of nitrogens with one attached hydrogen (secondary N) is 3. The van der Waals surface area contributed by atoms with Gasteiger partial charge in [0.25, 0.3) is 11.1 Å². The van der Waals surface area contributed by atoms with Crippen molar-refractivity contribution >= 4 is 17.4 Å². The van der Waals surface area contributed by atoms with E-state index in [1.807, 2.05) is 0 Å². The Balaban J connectivity index is 0.000000374. The van der Waals surface area contributed by atoms with Crippen LogP contribution < -0.4 is 46.0 Å². The van der Waals surface area contributed by atoms with Crippen LogP contribution in [0.5, 0.6) is 0 Å². The van der Waals surface area contributed by atoms with Crippen LogP contribution >= 0.6 is 11.6 Å². The summed E-state index contributed by atoms with van der Waals surface area (Å²) >= 11 is 5.46. The predicted octanol–water partition coefficient (Wildman–Crippen LogP) is 1.61. The summed E-state index contributed by atoms with van der Waals surface area (Å²) in [6.07, 6.45) is 0. The number of aromatic nitrogens is 4. The molecule has 0 fully saturated rings. The van der Waals surface area contributed by atoms with E-state index in [-0.39, 0.29) is 58.2 Å². The minimum absolute atomic E-state index is 0. The highest BCUT2D eigenvalue weighted by Gasteiger charge is 2.17. The van der Waals surface area contributed by atoms with Crippen LogP contribution in [0.25, 0.3) is 0 Å². The van der Waals surface area contributed by atoms with Crippen molar-refractivity contribution in [3.05, 3.63) is 130 Å². The number of aromatic amines is 2. The number of benzene rings is 2. The summed E-state index contributed by atoms with van der Waals surface area (Å²) in [6, 6.07) is 8.21. The summed E-state index contributed by atoms with van der Waals surface area (Å²) in [5.74, 6) is -2.32. The SMILES string of the molecule is CC(C)n1c(=O)cc(Cl)[nH]c1=O.CC(C)n1c(=O)cc(N[C@@H](C)c2c(F)cccc2F)[nH]c1=O.C[C@H]([NH3+])c1c(F)cccc1F.[Cl-]. The first-order valence-electron chi connectivity index (χ1n) is 13.8. The number of hydrogen-bond donors (Lipinski definition) is 4. The molecule has 0 unspecified atom stereocenters. The zero-order valence-corrected chi connectivity index (χ0v) is 27.4. The molecule has 0 saturated heterocycles. The fourth-order valence-electron chi connectivity index (χ4n) is 4.25. The second-order valence-corrected chi connectivity index (χ2v) is 11.0. The number of quaternary nitrogens is 1. The second kappa shape index (κ2) is 17.5. The molecule has 252 valence electrons. The zero-order valence-electron chi connectivity index (χ0n) is 25.9. The van der Waals surface area contributed by atoms with E-state index in [0.717, 1.165) is 21.3 Å². The fourth-order valence-corrected chi connectivity index (χ4v) is 4.42. The summed E-state index contributed by atoms with van der Waals surface area (Å²) in [5, 5.41) is 2.81. The van der Waals surface area contributed by atoms with Crippen LogP contribution in [0.3, 0.4) is 0 Å². The zero-order chi connectivity index (χ0) is 34.2. The first kappa shape index (κ1) is 39.9. The lowest BCUT2D eigenvalue weighted by molar-refractivity contribution is -0.421. The highest BCUT2D eigenvalue weighted by atomic mass is 35.5. The molecular weight excluding hydrogens is 655 g/mol. The van der Waals surface area contributed by atoms with Crippen LogP contribution in [0.4, 0.5) is 23.4 Å². The smallest absolute Gasteiger partial charge is 0.330 e. The van der Waals surface area contributed by atoms with Gasteiger partial charge < -0.3 is 23.5 Å². The Bertz CT molecular complexity index is 1750. The monoisotopic (exact) mass is 690 g/mol. The van der Waals surface area contributed by atoms with E-state index >= 15 is 0 Å². The van der Waals surface area contributed by atoms with Gasteiger partial charge in [-0.25, -0.2) is 27.2 Å². The average Bonchev–Trinajstić information content (AvgIpc) is 2.87. The van der Waals surface area contributed by atoms with Gasteiger partial charge in [-0.05, 0) is 65.8 Å². The molecule has 6 N–H and O–H groups in total. The van der Waals surface area contributed by atoms with Crippen LogP contribution in [0.1, 0.15) is 76.8 Å². The first-order chi connectivity index (χ1) is 21.0. The molecule has 2 aromatic carbocycles. The highest BCUT2D eigenvalue weighted by molar-refractivity contribution is 6.29. The summed E-state index contributed by atoms with van der Waals surface area (Å²) in [7, 11) is 0. The summed E-state index contributed by atoms with van der Waals surface area (Å²) in [4.78, 5) is 50.9. The van der Waals surface area contributed by atoms with Gasteiger partial charge >= 0.3 is 11.4 Å². The van der Waals surface area contributed by atoms with Crippen molar-refractivity contribution in [2.45, 2.75) is 65.7 Å². The molecule has 4 rings (SSSR count). The highest BCUT2D eigenvalue weighted by Crippen LogP contribution is 2.23. The third-order valence-electron chi connectivity index (χ3n) is 6.23. The van der Waals surface area contributed by atoms with E-state index in [1.54, 1.807) is 34.6 Å². The van der Waals surface area contributed by atoms with E-state index in [9.17, 15) is 36.7 Å². The van der Waals surface area contributed by atoms with Crippen LogP contribution in [-0.2, 0) is 0 Å². The minimum atomic E-state index is -0.758. The van der Waals surface area contributed by atoms with Crippen LogP contribution in [0.15, 0.2) is 67.7 Å². The van der Waals surface area contributed by atoms with E-state index in [4.69, 9.17) is 11.6 Å². The molecule has 0 radical (unpaired) electrons. The quantitative estimate of drug-likeness (QED) is 0.179. The van der Waals surface area contributed by atoms with Gasteiger partial charge in [0.15, 0.2) is 0 Å². The number of anilines is 1.